The van der Waals surface area contributed by atoms with Crippen LogP contribution in [0, 0.1) is 5.92 Å². The van der Waals surface area contributed by atoms with Crippen molar-refractivity contribution in [2.45, 2.75) is 25.8 Å². The van der Waals surface area contributed by atoms with E-state index in [1.165, 1.54) is 30.4 Å². The van der Waals surface area contributed by atoms with Gasteiger partial charge < -0.3 is 14.8 Å². The van der Waals surface area contributed by atoms with E-state index < -0.39 is 0 Å². The fourth-order valence-corrected chi connectivity index (χ4v) is 4.42. The van der Waals surface area contributed by atoms with Gasteiger partial charge in [0.05, 0.1) is 19.9 Å². The van der Waals surface area contributed by atoms with E-state index in [-0.39, 0.29) is 5.91 Å². The summed E-state index contributed by atoms with van der Waals surface area (Å²) < 4.78 is 10.6. The van der Waals surface area contributed by atoms with Crippen LogP contribution in [0.5, 0.6) is 11.5 Å². The van der Waals surface area contributed by atoms with Crippen LogP contribution in [0.15, 0.2) is 72.8 Å². The van der Waals surface area contributed by atoms with Crippen molar-refractivity contribution in [2.24, 2.45) is 5.92 Å². The topological polar surface area (TPSA) is 50.8 Å². The van der Waals surface area contributed by atoms with E-state index in [9.17, 15) is 4.79 Å². The molecule has 0 aromatic heterocycles. The summed E-state index contributed by atoms with van der Waals surface area (Å²) in [6.07, 6.45) is 3.64. The van der Waals surface area contributed by atoms with Crippen molar-refractivity contribution >= 4 is 11.6 Å². The van der Waals surface area contributed by atoms with Gasteiger partial charge in [-0.3, -0.25) is 9.69 Å². The minimum atomic E-state index is -0.171. The lowest BCUT2D eigenvalue weighted by molar-refractivity contribution is 0.102. The van der Waals surface area contributed by atoms with Gasteiger partial charge in [0, 0.05) is 18.2 Å². The number of nitrogens with one attached hydrogen (secondary N) is 1. The highest BCUT2D eigenvalue weighted by molar-refractivity contribution is 6.05. The Hall–Kier alpha value is -3.31. The number of rotatable bonds is 8. The molecule has 0 saturated carbocycles. The lowest BCUT2D eigenvalue weighted by Gasteiger charge is -2.32. The predicted octanol–water partition coefficient (Wildman–Crippen LogP) is 5.41. The molecule has 0 radical (unpaired) electrons. The van der Waals surface area contributed by atoms with Crippen LogP contribution in [0.3, 0.4) is 0 Å². The number of piperidine rings is 1. The van der Waals surface area contributed by atoms with Crippen molar-refractivity contribution in [3.8, 4) is 11.5 Å². The maximum Gasteiger partial charge on any atom is 0.255 e. The summed E-state index contributed by atoms with van der Waals surface area (Å²) in [6.45, 7) is 3.16. The Balaban J connectivity index is 1.29. The van der Waals surface area contributed by atoms with Crippen LogP contribution in [0.2, 0.25) is 0 Å². The monoisotopic (exact) mass is 444 g/mol. The van der Waals surface area contributed by atoms with Crippen molar-refractivity contribution in [1.29, 1.82) is 0 Å². The molecule has 1 amide bonds. The molecule has 0 bridgehead atoms. The van der Waals surface area contributed by atoms with E-state index in [4.69, 9.17) is 9.47 Å². The van der Waals surface area contributed by atoms with Crippen molar-refractivity contribution in [3.05, 3.63) is 89.5 Å². The van der Waals surface area contributed by atoms with Gasteiger partial charge in [-0.2, -0.15) is 0 Å². The zero-order chi connectivity index (χ0) is 23.0. The van der Waals surface area contributed by atoms with Crippen molar-refractivity contribution in [3.63, 3.8) is 0 Å². The molecule has 3 aromatic carbocycles. The molecule has 0 spiro atoms. The number of hydrogen-bond donors (Lipinski definition) is 1. The van der Waals surface area contributed by atoms with Crippen LogP contribution in [-0.4, -0.2) is 38.1 Å². The molecule has 1 aliphatic heterocycles. The van der Waals surface area contributed by atoms with Gasteiger partial charge >= 0.3 is 0 Å². The molecule has 1 heterocycles. The summed E-state index contributed by atoms with van der Waals surface area (Å²) in [7, 11) is 3.18. The van der Waals surface area contributed by atoms with Gasteiger partial charge in [-0.15, -0.1) is 0 Å². The van der Waals surface area contributed by atoms with E-state index in [0.29, 0.717) is 22.7 Å². The molecular weight excluding hydrogens is 412 g/mol. The standard InChI is InChI=1S/C28H32N2O3/c1-32-25-12-13-27(33-2)26(19-25)29-28(31)24-10-8-23(9-11-24)20-30-16-14-22(15-17-30)18-21-6-4-3-5-7-21/h3-13,19,22H,14-18,20H2,1-2H3,(H,29,31). The third-order valence-corrected chi connectivity index (χ3v) is 6.35. The second kappa shape index (κ2) is 11.0. The number of amides is 1. The summed E-state index contributed by atoms with van der Waals surface area (Å²) in [4.78, 5) is 15.3. The van der Waals surface area contributed by atoms with Crippen molar-refractivity contribution in [1.82, 2.24) is 4.90 Å². The van der Waals surface area contributed by atoms with Crippen LogP contribution in [-0.2, 0) is 13.0 Å². The van der Waals surface area contributed by atoms with Gasteiger partial charge in [-0.1, -0.05) is 42.5 Å². The van der Waals surface area contributed by atoms with E-state index in [2.05, 4.69) is 40.5 Å². The van der Waals surface area contributed by atoms with Crippen LogP contribution in [0.4, 0.5) is 5.69 Å². The number of ether oxygens (including phenoxy) is 2. The van der Waals surface area contributed by atoms with E-state index >= 15 is 0 Å². The lowest BCUT2D eigenvalue weighted by Crippen LogP contribution is -2.33. The Morgan fingerprint density at radius 3 is 2.30 bits per heavy atom. The molecule has 1 saturated heterocycles. The van der Waals surface area contributed by atoms with Gasteiger partial charge in [-0.25, -0.2) is 0 Å². The number of nitrogens with zero attached hydrogens (tertiary/aromatic N) is 1. The zero-order valence-corrected chi connectivity index (χ0v) is 19.4. The molecule has 3 aromatic rings. The largest absolute Gasteiger partial charge is 0.497 e. The molecule has 0 unspecified atom stereocenters. The van der Waals surface area contributed by atoms with Crippen LogP contribution < -0.4 is 14.8 Å². The molecule has 1 N–H and O–H groups in total. The van der Waals surface area contributed by atoms with Gasteiger partial charge in [0.25, 0.3) is 5.91 Å². The summed E-state index contributed by atoms with van der Waals surface area (Å²) in [6, 6.07) is 24.0. The second-order valence-electron chi connectivity index (χ2n) is 8.63. The van der Waals surface area contributed by atoms with Crippen LogP contribution >= 0.6 is 0 Å². The SMILES string of the molecule is COc1ccc(OC)c(NC(=O)c2ccc(CN3CCC(Cc4ccccc4)CC3)cc2)c1. The summed E-state index contributed by atoms with van der Waals surface area (Å²) in [5.41, 5.74) is 3.87. The highest BCUT2D eigenvalue weighted by Gasteiger charge is 2.19. The van der Waals surface area contributed by atoms with Gasteiger partial charge in [-0.05, 0) is 73.7 Å². The first kappa shape index (κ1) is 22.9. The molecule has 4 rings (SSSR count). The average molecular weight is 445 g/mol. The fourth-order valence-electron chi connectivity index (χ4n) is 4.42. The number of carbonyl (C=O) groups excluding carboxylic acids is 1. The van der Waals surface area contributed by atoms with E-state index in [1.54, 1.807) is 32.4 Å². The maximum atomic E-state index is 12.8. The van der Waals surface area contributed by atoms with Crippen molar-refractivity contribution < 1.29 is 14.3 Å². The summed E-state index contributed by atoms with van der Waals surface area (Å²) in [5, 5.41) is 2.92. The number of benzene rings is 3. The third-order valence-electron chi connectivity index (χ3n) is 6.35. The van der Waals surface area contributed by atoms with Crippen molar-refractivity contribution in [2.75, 3.05) is 32.6 Å². The maximum absolute atomic E-state index is 12.8. The average Bonchev–Trinajstić information content (AvgIpc) is 2.86. The number of methoxy groups -OCH3 is 2. The summed E-state index contributed by atoms with van der Waals surface area (Å²) >= 11 is 0. The first-order chi connectivity index (χ1) is 16.1. The fraction of sp³-hybridized carbons (Fsp3) is 0.321. The molecule has 33 heavy (non-hydrogen) atoms. The highest BCUT2D eigenvalue weighted by Crippen LogP contribution is 2.29. The zero-order valence-electron chi connectivity index (χ0n) is 19.4. The van der Waals surface area contributed by atoms with Crippen LogP contribution in [0.1, 0.15) is 34.3 Å². The lowest BCUT2D eigenvalue weighted by atomic mass is 9.90. The van der Waals surface area contributed by atoms with E-state index in [0.717, 1.165) is 25.6 Å². The molecule has 1 aliphatic rings. The Morgan fingerprint density at radius 1 is 0.909 bits per heavy atom. The Bertz CT molecular complexity index is 1040. The number of carbonyl (C=O) groups is 1. The smallest absolute Gasteiger partial charge is 0.255 e. The first-order valence-corrected chi connectivity index (χ1v) is 11.5. The molecule has 0 atom stereocenters. The first-order valence-electron chi connectivity index (χ1n) is 11.5. The molecule has 5 heteroatoms. The number of likely N-dealkylation sites (tertiary alicyclic amines) is 1. The third kappa shape index (κ3) is 6.14. The molecule has 5 nitrogen and oxygen atoms in total. The van der Waals surface area contributed by atoms with Gasteiger partial charge in [0.2, 0.25) is 0 Å². The molecular formula is C28H32N2O3. The minimum absolute atomic E-state index is 0.171. The van der Waals surface area contributed by atoms with E-state index in [1.807, 2.05) is 24.3 Å². The Labute approximate surface area is 196 Å². The minimum Gasteiger partial charge on any atom is -0.497 e. The highest BCUT2D eigenvalue weighted by atomic mass is 16.5. The summed E-state index contributed by atoms with van der Waals surface area (Å²) in [5.74, 6) is 1.85. The quantitative estimate of drug-likeness (QED) is 0.505. The molecule has 0 aliphatic carbocycles. The van der Waals surface area contributed by atoms with Crippen LogP contribution in [0.25, 0.3) is 0 Å². The van der Waals surface area contributed by atoms with Gasteiger partial charge in [0.15, 0.2) is 0 Å². The molecule has 172 valence electrons. The Kier molecular flexibility index (Phi) is 7.63. The predicted molar refractivity (Wildman–Crippen MR) is 132 cm³/mol. The van der Waals surface area contributed by atoms with Gasteiger partial charge in [0.1, 0.15) is 11.5 Å². The number of hydrogen-bond acceptors (Lipinski definition) is 4. The number of anilines is 1. The normalized spacial score (nSPS) is 14.6. The molecule has 1 fully saturated rings. The Morgan fingerprint density at radius 2 is 1.64 bits per heavy atom. The second-order valence-corrected chi connectivity index (χ2v) is 8.63.